The van der Waals surface area contributed by atoms with Crippen molar-refractivity contribution in [2.75, 3.05) is 20.1 Å². The molecule has 3 N–H and O–H groups in total. The molecule has 2 atom stereocenters. The number of hydrogen-bond acceptors (Lipinski definition) is 2. The Balaban J connectivity index is 0.00000288. The fraction of sp³-hybridized carbons (Fsp3) is 0.938. The smallest absolute Gasteiger partial charge is 0.391 e. The first kappa shape index (κ1) is 21.8. The van der Waals surface area contributed by atoms with E-state index in [2.05, 4.69) is 15.6 Å². The van der Waals surface area contributed by atoms with Gasteiger partial charge in [-0.1, -0.05) is 6.42 Å². The lowest BCUT2D eigenvalue weighted by Crippen LogP contribution is -2.43. The second-order valence-corrected chi connectivity index (χ2v) is 6.85. The number of nitrogens with zero attached hydrogens (tertiary/aromatic N) is 1. The van der Waals surface area contributed by atoms with Crippen molar-refractivity contribution in [3.8, 4) is 0 Å². The first-order chi connectivity index (χ1) is 10.9. The maximum absolute atomic E-state index is 12.7. The molecule has 0 aromatic carbocycles. The summed E-state index contributed by atoms with van der Waals surface area (Å²) < 4.78 is 38.0. The zero-order valence-corrected chi connectivity index (χ0v) is 16.4. The molecule has 0 radical (unpaired) electrons. The van der Waals surface area contributed by atoms with Crippen LogP contribution in [0.2, 0.25) is 0 Å². The van der Waals surface area contributed by atoms with E-state index in [1.165, 1.54) is 0 Å². The number of aliphatic hydroxyl groups excluding tert-OH is 1. The Morgan fingerprint density at radius 3 is 2.17 bits per heavy atom. The number of aliphatic hydroxyl groups is 1. The van der Waals surface area contributed by atoms with Gasteiger partial charge in [-0.15, -0.1) is 24.0 Å². The SMILES string of the molecule is CN=C(NCC1CCC(C(F)(F)F)CC1)NCC1CCCC1O.I. The maximum Gasteiger partial charge on any atom is 0.391 e. The van der Waals surface area contributed by atoms with Gasteiger partial charge < -0.3 is 15.7 Å². The van der Waals surface area contributed by atoms with Gasteiger partial charge in [-0.3, -0.25) is 4.99 Å². The Bertz CT molecular complexity index is 399. The van der Waals surface area contributed by atoms with Crippen LogP contribution in [0.1, 0.15) is 44.9 Å². The van der Waals surface area contributed by atoms with E-state index in [9.17, 15) is 18.3 Å². The van der Waals surface area contributed by atoms with Gasteiger partial charge in [0.15, 0.2) is 5.96 Å². The normalized spacial score (nSPS) is 31.5. The molecular formula is C16H29F3IN3O. The molecule has 2 aliphatic rings. The van der Waals surface area contributed by atoms with Crippen molar-refractivity contribution >= 4 is 29.9 Å². The Hall–Kier alpha value is -0.250. The minimum absolute atomic E-state index is 0. The number of aliphatic imine (C=N–C) groups is 1. The Morgan fingerprint density at radius 2 is 1.67 bits per heavy atom. The molecule has 2 saturated carbocycles. The van der Waals surface area contributed by atoms with E-state index in [0.717, 1.165) is 19.3 Å². The molecule has 24 heavy (non-hydrogen) atoms. The van der Waals surface area contributed by atoms with E-state index in [1.54, 1.807) is 7.05 Å². The maximum atomic E-state index is 12.7. The molecule has 0 saturated heterocycles. The molecule has 0 amide bonds. The van der Waals surface area contributed by atoms with Crippen molar-refractivity contribution in [1.82, 2.24) is 10.6 Å². The molecule has 0 aromatic rings. The third-order valence-corrected chi connectivity index (χ3v) is 5.24. The summed E-state index contributed by atoms with van der Waals surface area (Å²) >= 11 is 0. The summed E-state index contributed by atoms with van der Waals surface area (Å²) in [5.74, 6) is 0.0714. The van der Waals surface area contributed by atoms with Crippen molar-refractivity contribution in [2.45, 2.75) is 57.2 Å². The molecule has 2 fully saturated rings. The number of guanidine groups is 1. The van der Waals surface area contributed by atoms with Crippen LogP contribution in [0.4, 0.5) is 13.2 Å². The van der Waals surface area contributed by atoms with E-state index in [4.69, 9.17) is 0 Å². The fourth-order valence-corrected chi connectivity index (χ4v) is 3.64. The average Bonchev–Trinajstić information content (AvgIpc) is 2.92. The van der Waals surface area contributed by atoms with Gasteiger partial charge in [0.05, 0.1) is 12.0 Å². The van der Waals surface area contributed by atoms with E-state index < -0.39 is 12.1 Å². The predicted octanol–water partition coefficient (Wildman–Crippen LogP) is 3.30. The van der Waals surface area contributed by atoms with Crippen molar-refractivity contribution in [1.29, 1.82) is 0 Å². The zero-order valence-electron chi connectivity index (χ0n) is 14.1. The molecule has 8 heteroatoms. The van der Waals surface area contributed by atoms with Crippen molar-refractivity contribution in [2.24, 2.45) is 22.7 Å². The molecule has 0 heterocycles. The molecular weight excluding hydrogens is 434 g/mol. The molecule has 2 rings (SSSR count). The number of halogens is 4. The van der Waals surface area contributed by atoms with Crippen LogP contribution in [0.15, 0.2) is 4.99 Å². The molecule has 2 unspecified atom stereocenters. The molecule has 0 aliphatic heterocycles. The first-order valence-corrected chi connectivity index (χ1v) is 8.59. The fourth-order valence-electron chi connectivity index (χ4n) is 3.64. The van der Waals surface area contributed by atoms with Gasteiger partial charge >= 0.3 is 6.18 Å². The molecule has 4 nitrogen and oxygen atoms in total. The van der Waals surface area contributed by atoms with E-state index in [1.807, 2.05) is 0 Å². The predicted molar refractivity (Wildman–Crippen MR) is 99.6 cm³/mol. The highest BCUT2D eigenvalue weighted by atomic mass is 127. The molecule has 2 aliphatic carbocycles. The third-order valence-electron chi connectivity index (χ3n) is 5.24. The van der Waals surface area contributed by atoms with Crippen LogP contribution in [-0.4, -0.2) is 43.5 Å². The second kappa shape index (κ2) is 10.0. The minimum Gasteiger partial charge on any atom is -0.393 e. The van der Waals surface area contributed by atoms with Gasteiger partial charge in [-0.05, 0) is 44.4 Å². The molecule has 0 bridgehead atoms. The molecule has 142 valence electrons. The second-order valence-electron chi connectivity index (χ2n) is 6.85. The zero-order chi connectivity index (χ0) is 16.9. The topological polar surface area (TPSA) is 56.7 Å². The Morgan fingerprint density at radius 1 is 1.04 bits per heavy atom. The lowest BCUT2D eigenvalue weighted by atomic mass is 9.81. The van der Waals surface area contributed by atoms with Gasteiger partial charge in [0.2, 0.25) is 0 Å². The Labute approximate surface area is 159 Å². The summed E-state index contributed by atoms with van der Waals surface area (Å²) in [5.41, 5.74) is 0. The van der Waals surface area contributed by atoms with Crippen molar-refractivity contribution < 1.29 is 18.3 Å². The van der Waals surface area contributed by atoms with Crippen LogP contribution < -0.4 is 10.6 Å². The van der Waals surface area contributed by atoms with E-state index >= 15 is 0 Å². The summed E-state index contributed by atoms with van der Waals surface area (Å²) in [4.78, 5) is 4.15. The van der Waals surface area contributed by atoms with Crippen LogP contribution in [0, 0.1) is 17.8 Å². The highest BCUT2D eigenvalue weighted by Gasteiger charge is 2.41. The third kappa shape index (κ3) is 6.57. The lowest BCUT2D eigenvalue weighted by Gasteiger charge is -2.30. The minimum atomic E-state index is -4.04. The van der Waals surface area contributed by atoms with Crippen LogP contribution in [-0.2, 0) is 0 Å². The number of hydrogen-bond donors (Lipinski definition) is 3. The molecule has 0 spiro atoms. The number of rotatable bonds is 4. The quantitative estimate of drug-likeness (QED) is 0.341. The van der Waals surface area contributed by atoms with Gasteiger partial charge in [-0.2, -0.15) is 13.2 Å². The average molecular weight is 463 g/mol. The summed E-state index contributed by atoms with van der Waals surface area (Å²) in [6, 6.07) is 0. The standard InChI is InChI=1S/C16H28F3N3O.HI/c1-20-15(22-10-12-3-2-4-14(12)23)21-9-11-5-7-13(8-6-11)16(17,18)19;/h11-14,23H,2-10H2,1H3,(H2,20,21,22);1H. The monoisotopic (exact) mass is 463 g/mol. The van der Waals surface area contributed by atoms with Gasteiger partial charge in [0.25, 0.3) is 0 Å². The Kier molecular flexibility index (Phi) is 9.11. The van der Waals surface area contributed by atoms with Gasteiger partial charge in [-0.25, -0.2) is 0 Å². The van der Waals surface area contributed by atoms with Gasteiger partial charge in [0, 0.05) is 26.1 Å². The van der Waals surface area contributed by atoms with Crippen LogP contribution >= 0.6 is 24.0 Å². The first-order valence-electron chi connectivity index (χ1n) is 8.59. The summed E-state index contributed by atoms with van der Waals surface area (Å²) in [7, 11) is 1.68. The molecule has 0 aromatic heterocycles. The van der Waals surface area contributed by atoms with Crippen LogP contribution in [0.25, 0.3) is 0 Å². The van der Waals surface area contributed by atoms with Crippen LogP contribution in [0.3, 0.4) is 0 Å². The largest absolute Gasteiger partial charge is 0.393 e. The number of nitrogens with one attached hydrogen (secondary N) is 2. The van der Waals surface area contributed by atoms with E-state index in [-0.39, 0.29) is 54.8 Å². The van der Waals surface area contributed by atoms with E-state index in [0.29, 0.717) is 31.9 Å². The lowest BCUT2D eigenvalue weighted by molar-refractivity contribution is -0.183. The summed E-state index contributed by atoms with van der Waals surface area (Å²) in [6.07, 6.45) is 0.337. The van der Waals surface area contributed by atoms with Gasteiger partial charge in [0.1, 0.15) is 0 Å². The van der Waals surface area contributed by atoms with Crippen LogP contribution in [0.5, 0.6) is 0 Å². The summed E-state index contributed by atoms with van der Waals surface area (Å²) in [6.45, 7) is 1.33. The number of alkyl halides is 3. The highest BCUT2D eigenvalue weighted by molar-refractivity contribution is 14.0. The van der Waals surface area contributed by atoms with Crippen molar-refractivity contribution in [3.63, 3.8) is 0 Å². The summed E-state index contributed by atoms with van der Waals surface area (Å²) in [5, 5.41) is 16.2. The highest BCUT2D eigenvalue weighted by Crippen LogP contribution is 2.39. The van der Waals surface area contributed by atoms with Crippen molar-refractivity contribution in [3.05, 3.63) is 0 Å².